The van der Waals surface area contributed by atoms with Gasteiger partial charge in [-0.15, -0.1) is 0 Å². The van der Waals surface area contributed by atoms with Crippen LogP contribution in [-0.2, 0) is 0 Å². The van der Waals surface area contributed by atoms with Crippen molar-refractivity contribution in [3.63, 3.8) is 0 Å². The summed E-state index contributed by atoms with van der Waals surface area (Å²) in [7, 11) is 0. The highest BCUT2D eigenvalue weighted by Gasteiger charge is 2.35. The molecule has 0 saturated heterocycles. The van der Waals surface area contributed by atoms with Crippen LogP contribution < -0.4 is 14.4 Å². The number of ether oxygens (including phenoxy) is 2. The summed E-state index contributed by atoms with van der Waals surface area (Å²) in [4.78, 5) is 2.26. The second-order valence-corrected chi connectivity index (χ2v) is 11.8. The lowest BCUT2D eigenvalue weighted by Gasteiger charge is -2.38. The number of rotatable bonds is 3. The Morgan fingerprint density at radius 1 is 0.370 bits per heavy atom. The SMILES string of the molecule is c1ccc(-c2ccc3c(c2)c2cc(-c4cc5c6c(c4)Oc4ccccc4N6c4ccccc4O5)ccc2n3-c2ccccc2)cc1. The number of benzene rings is 7. The van der Waals surface area contributed by atoms with Gasteiger partial charge in [0.15, 0.2) is 23.0 Å². The average Bonchev–Trinajstić information content (AvgIpc) is 3.45. The highest BCUT2D eigenvalue weighted by Crippen LogP contribution is 2.60. The van der Waals surface area contributed by atoms with Gasteiger partial charge in [-0.05, 0) is 95.1 Å². The summed E-state index contributed by atoms with van der Waals surface area (Å²) in [6.07, 6.45) is 0. The van der Waals surface area contributed by atoms with Gasteiger partial charge in [-0.2, -0.15) is 0 Å². The van der Waals surface area contributed by atoms with Gasteiger partial charge in [0.05, 0.1) is 22.4 Å². The molecule has 0 unspecified atom stereocenters. The van der Waals surface area contributed by atoms with Gasteiger partial charge in [-0.25, -0.2) is 0 Å². The minimum atomic E-state index is 0.777. The summed E-state index contributed by atoms with van der Waals surface area (Å²) in [6.45, 7) is 0. The van der Waals surface area contributed by atoms with Gasteiger partial charge in [0.2, 0.25) is 0 Å². The normalized spacial score (nSPS) is 12.7. The lowest BCUT2D eigenvalue weighted by Crippen LogP contribution is -2.20. The highest BCUT2D eigenvalue weighted by atomic mass is 16.5. The minimum absolute atomic E-state index is 0.777. The fourth-order valence-electron chi connectivity index (χ4n) is 7.06. The number of nitrogens with zero attached hydrogens (tertiary/aromatic N) is 2. The third-order valence-corrected chi connectivity index (χ3v) is 9.14. The molecule has 2 aliphatic rings. The molecule has 4 nitrogen and oxygen atoms in total. The first-order chi connectivity index (χ1) is 22.8. The Balaban J connectivity index is 1.19. The van der Waals surface area contributed by atoms with Crippen LogP contribution in [0.25, 0.3) is 49.7 Å². The van der Waals surface area contributed by atoms with E-state index in [9.17, 15) is 0 Å². The van der Waals surface area contributed by atoms with E-state index < -0.39 is 0 Å². The lowest BCUT2D eigenvalue weighted by atomic mass is 9.98. The van der Waals surface area contributed by atoms with Crippen LogP contribution in [-0.4, -0.2) is 4.57 Å². The van der Waals surface area contributed by atoms with Crippen LogP contribution in [0.4, 0.5) is 17.1 Å². The van der Waals surface area contributed by atoms with E-state index in [1.54, 1.807) is 0 Å². The van der Waals surface area contributed by atoms with Gasteiger partial charge >= 0.3 is 0 Å². The Labute approximate surface area is 265 Å². The van der Waals surface area contributed by atoms with Crippen molar-refractivity contribution in [1.82, 2.24) is 4.57 Å². The largest absolute Gasteiger partial charge is 0.453 e. The molecule has 4 heteroatoms. The van der Waals surface area contributed by atoms with Crippen LogP contribution in [0.15, 0.2) is 158 Å². The number of anilines is 3. The van der Waals surface area contributed by atoms with Crippen molar-refractivity contribution < 1.29 is 9.47 Å². The fraction of sp³-hybridized carbons (Fsp3) is 0. The van der Waals surface area contributed by atoms with E-state index in [-0.39, 0.29) is 0 Å². The van der Waals surface area contributed by atoms with Gasteiger partial charge in [0, 0.05) is 16.5 Å². The van der Waals surface area contributed by atoms with E-state index in [4.69, 9.17) is 9.47 Å². The summed E-state index contributed by atoms with van der Waals surface area (Å²) in [5, 5.41) is 2.41. The number of hydrogen-bond acceptors (Lipinski definition) is 3. The maximum Gasteiger partial charge on any atom is 0.156 e. The van der Waals surface area contributed by atoms with Gasteiger partial charge in [-0.3, -0.25) is 4.90 Å². The molecule has 1 aromatic heterocycles. The predicted octanol–water partition coefficient (Wildman–Crippen LogP) is 11.8. The first-order valence-electron chi connectivity index (χ1n) is 15.5. The van der Waals surface area contributed by atoms with Gasteiger partial charge in [-0.1, -0.05) is 84.9 Å². The monoisotopic (exact) mass is 590 g/mol. The van der Waals surface area contributed by atoms with Crippen LogP contribution in [0.1, 0.15) is 0 Å². The number of hydrogen-bond donors (Lipinski definition) is 0. The van der Waals surface area contributed by atoms with Crippen LogP contribution in [0.2, 0.25) is 0 Å². The Bertz CT molecular complexity index is 2410. The third-order valence-electron chi connectivity index (χ3n) is 9.14. The zero-order valence-electron chi connectivity index (χ0n) is 24.7. The average molecular weight is 591 g/mol. The van der Waals surface area contributed by atoms with E-state index in [2.05, 4.69) is 131 Å². The smallest absolute Gasteiger partial charge is 0.156 e. The Hall–Kier alpha value is -6.26. The van der Waals surface area contributed by atoms with Crippen molar-refractivity contribution in [3.05, 3.63) is 158 Å². The van der Waals surface area contributed by atoms with E-state index in [0.717, 1.165) is 62.4 Å². The summed E-state index contributed by atoms with van der Waals surface area (Å²) in [5.41, 5.74) is 10.9. The minimum Gasteiger partial charge on any atom is -0.453 e. The zero-order valence-corrected chi connectivity index (χ0v) is 24.7. The molecule has 0 amide bonds. The maximum atomic E-state index is 6.56. The number of aromatic nitrogens is 1. The van der Waals surface area contributed by atoms with Gasteiger partial charge in [0.1, 0.15) is 5.69 Å². The van der Waals surface area contributed by atoms with Gasteiger partial charge in [0.25, 0.3) is 0 Å². The molecule has 0 fully saturated rings. The molecular weight excluding hydrogens is 564 g/mol. The quantitative estimate of drug-likeness (QED) is 0.205. The molecule has 7 aromatic carbocycles. The standard InChI is InChI=1S/C42H26N2O2/c1-3-11-27(12-4-1)28-19-21-34-32(23-28)33-24-29(20-22-35(33)43(34)31-13-5-2-6-14-31)30-25-40-42-41(26-30)46-39-18-10-8-16-37(39)44(42)36-15-7-9-17-38(36)45-40/h1-26H. The van der Waals surface area contributed by atoms with Crippen LogP contribution in [0.5, 0.6) is 23.0 Å². The number of para-hydroxylation sites is 5. The number of fused-ring (bicyclic) bond motifs is 7. The molecule has 0 N–H and O–H groups in total. The highest BCUT2D eigenvalue weighted by molar-refractivity contribution is 6.12. The molecule has 10 rings (SSSR count). The van der Waals surface area contributed by atoms with Crippen molar-refractivity contribution in [2.45, 2.75) is 0 Å². The van der Waals surface area contributed by atoms with E-state index in [1.165, 1.54) is 27.4 Å². The van der Waals surface area contributed by atoms with E-state index in [1.807, 2.05) is 36.4 Å². The topological polar surface area (TPSA) is 26.6 Å². The first-order valence-corrected chi connectivity index (χ1v) is 15.5. The Morgan fingerprint density at radius 3 is 1.46 bits per heavy atom. The molecule has 8 aromatic rings. The molecule has 0 aliphatic carbocycles. The molecule has 0 atom stereocenters. The van der Waals surface area contributed by atoms with E-state index >= 15 is 0 Å². The second-order valence-electron chi connectivity index (χ2n) is 11.8. The van der Waals surface area contributed by atoms with Crippen molar-refractivity contribution in [2.24, 2.45) is 0 Å². The Kier molecular flexibility index (Phi) is 5.25. The van der Waals surface area contributed by atoms with Crippen LogP contribution >= 0.6 is 0 Å². The summed E-state index contributed by atoms with van der Waals surface area (Å²) in [5.74, 6) is 3.20. The molecule has 46 heavy (non-hydrogen) atoms. The molecule has 0 bridgehead atoms. The molecule has 216 valence electrons. The molecule has 0 spiro atoms. The van der Waals surface area contributed by atoms with Crippen molar-refractivity contribution >= 4 is 38.9 Å². The first kappa shape index (κ1) is 25.1. The van der Waals surface area contributed by atoms with Gasteiger partial charge < -0.3 is 14.0 Å². The van der Waals surface area contributed by atoms with E-state index in [0.29, 0.717) is 0 Å². The molecule has 2 aliphatic heterocycles. The third kappa shape index (κ3) is 3.67. The summed E-state index contributed by atoms with van der Waals surface area (Å²) in [6, 6.07) is 55.4. The Morgan fingerprint density at radius 2 is 0.870 bits per heavy atom. The zero-order chi connectivity index (χ0) is 30.2. The van der Waals surface area contributed by atoms with Crippen molar-refractivity contribution in [1.29, 1.82) is 0 Å². The predicted molar refractivity (Wildman–Crippen MR) is 186 cm³/mol. The second kappa shape index (κ2) is 9.62. The fourth-order valence-corrected chi connectivity index (χ4v) is 7.06. The van der Waals surface area contributed by atoms with Crippen LogP contribution in [0.3, 0.4) is 0 Å². The summed E-state index contributed by atoms with van der Waals surface area (Å²) < 4.78 is 15.5. The molecule has 3 heterocycles. The molecule has 0 saturated carbocycles. The molecular formula is C42H26N2O2. The van der Waals surface area contributed by atoms with Crippen molar-refractivity contribution in [3.8, 4) is 50.9 Å². The maximum absolute atomic E-state index is 6.56. The van der Waals surface area contributed by atoms with Crippen molar-refractivity contribution in [2.75, 3.05) is 4.90 Å². The summed E-state index contributed by atoms with van der Waals surface area (Å²) >= 11 is 0. The van der Waals surface area contributed by atoms with Crippen LogP contribution in [0, 0.1) is 0 Å². The lowest BCUT2D eigenvalue weighted by molar-refractivity contribution is 0.446. The molecule has 0 radical (unpaired) electrons.